The van der Waals surface area contributed by atoms with Crippen molar-refractivity contribution in [3.63, 3.8) is 0 Å². The summed E-state index contributed by atoms with van der Waals surface area (Å²) < 4.78 is 0. The molecule has 0 atom stereocenters. The molecule has 0 N–H and O–H groups in total. The van der Waals surface area contributed by atoms with E-state index >= 15 is 0 Å². The van der Waals surface area contributed by atoms with Crippen LogP contribution >= 0.6 is 24.8 Å². The topological polar surface area (TPSA) is 0 Å². The van der Waals surface area contributed by atoms with Gasteiger partial charge >= 0.3 is 48.9 Å². The summed E-state index contributed by atoms with van der Waals surface area (Å²) in [6.45, 7) is 0. The Morgan fingerprint density at radius 3 is 0.750 bits per heavy atom. The van der Waals surface area contributed by atoms with Crippen LogP contribution in [0.5, 0.6) is 0 Å². The molecular formula is H4BaCl2Cr. The van der Waals surface area contributed by atoms with Crippen LogP contribution in [0.3, 0.4) is 0 Å². The maximum atomic E-state index is 0. The molecule has 0 unspecified atom stereocenters. The first-order valence-electron chi connectivity index (χ1n) is 0. The third-order valence-corrected chi connectivity index (χ3v) is 0. The Kier molecular flexibility index (Phi) is 130. The molecule has 0 spiro atoms. The normalized spacial score (nSPS) is 0. The summed E-state index contributed by atoms with van der Waals surface area (Å²) >= 11 is 0. The number of hydrogen-bond acceptors (Lipinski definition) is 0. The Morgan fingerprint density at radius 1 is 0.750 bits per heavy atom. The maximum Gasteiger partial charge on any atom is 0 e. The second-order valence-electron chi connectivity index (χ2n) is 0. The Labute approximate surface area is 89.1 Å². The van der Waals surface area contributed by atoms with E-state index in [9.17, 15) is 0 Å². The van der Waals surface area contributed by atoms with Crippen molar-refractivity contribution in [2.75, 3.05) is 0 Å². The largest absolute Gasteiger partial charge is 0 e. The fourth-order valence-electron chi connectivity index (χ4n) is 0. The van der Waals surface area contributed by atoms with Crippen LogP contribution < -0.4 is 0 Å². The van der Waals surface area contributed by atoms with Crippen LogP contribution in [-0.2, 0) is 17.4 Å². The molecule has 0 nitrogen and oxygen atoms in total. The summed E-state index contributed by atoms with van der Waals surface area (Å²) in [7, 11) is 0. The molecule has 0 rings (SSSR count). The number of halogens is 2. The van der Waals surface area contributed by atoms with Gasteiger partial charge in [-0.25, -0.2) is 0 Å². The van der Waals surface area contributed by atoms with Gasteiger partial charge in [0.05, 0.1) is 0 Å². The first-order valence-corrected chi connectivity index (χ1v) is 0. The van der Waals surface area contributed by atoms with Crippen LogP contribution in [0.4, 0.5) is 0 Å². The van der Waals surface area contributed by atoms with Crippen molar-refractivity contribution in [2.45, 2.75) is 0 Å². The molecule has 26 valence electrons. The number of hydrogen-bond donors (Lipinski definition) is 0. The fourth-order valence-corrected chi connectivity index (χ4v) is 0. The minimum absolute atomic E-state index is 0. The second-order valence-corrected chi connectivity index (χ2v) is 0. The Morgan fingerprint density at radius 2 is 0.750 bits per heavy atom. The van der Waals surface area contributed by atoms with Crippen molar-refractivity contribution >= 4 is 73.7 Å². The van der Waals surface area contributed by atoms with Gasteiger partial charge in [-0.1, -0.05) is 0 Å². The molecule has 0 saturated carbocycles. The van der Waals surface area contributed by atoms with E-state index in [4.69, 9.17) is 0 Å². The van der Waals surface area contributed by atoms with Gasteiger partial charge in [0, 0.05) is 17.4 Å². The molecule has 0 aliphatic rings. The van der Waals surface area contributed by atoms with Crippen molar-refractivity contribution in [1.82, 2.24) is 0 Å². The molecule has 0 aromatic rings. The molecule has 0 aliphatic heterocycles. The van der Waals surface area contributed by atoms with E-state index in [0.717, 1.165) is 0 Å². The van der Waals surface area contributed by atoms with Gasteiger partial charge in [0.15, 0.2) is 0 Å². The Balaban J connectivity index is 0. The summed E-state index contributed by atoms with van der Waals surface area (Å²) in [6, 6.07) is 0. The summed E-state index contributed by atoms with van der Waals surface area (Å²) in [5.41, 5.74) is 0. The second kappa shape index (κ2) is 17.3. The fraction of sp³-hybridized carbons (Fsp3) is 0. The molecule has 0 fully saturated rings. The Hall–Kier alpha value is 2.68. The zero-order chi connectivity index (χ0) is 0. The van der Waals surface area contributed by atoms with Gasteiger partial charge in [0.25, 0.3) is 0 Å². The van der Waals surface area contributed by atoms with E-state index in [2.05, 4.69) is 0 Å². The molecule has 4 heteroatoms. The Bertz CT molecular complexity index is 6.00. The monoisotopic (exact) mass is 264 g/mol. The van der Waals surface area contributed by atoms with Gasteiger partial charge in [0.2, 0.25) is 0 Å². The molecule has 0 radical (unpaired) electrons. The van der Waals surface area contributed by atoms with Crippen molar-refractivity contribution in [1.29, 1.82) is 0 Å². The predicted molar refractivity (Wildman–Crippen MR) is 23.0 cm³/mol. The molecule has 0 aliphatic carbocycles. The van der Waals surface area contributed by atoms with E-state index in [-0.39, 0.29) is 91.1 Å². The van der Waals surface area contributed by atoms with Crippen LogP contribution in [0.2, 0.25) is 0 Å². The zero-order valence-electron chi connectivity index (χ0n) is 1.22. The molecule has 0 aromatic carbocycles. The van der Waals surface area contributed by atoms with Crippen molar-refractivity contribution in [3.05, 3.63) is 0 Å². The molecule has 0 saturated heterocycles. The average Bonchev–Trinajstić information content (AvgIpc) is 0. The van der Waals surface area contributed by atoms with Crippen molar-refractivity contribution in [2.24, 2.45) is 0 Å². The summed E-state index contributed by atoms with van der Waals surface area (Å²) in [4.78, 5) is 0. The third kappa shape index (κ3) is 8.82. The smallest absolute Gasteiger partial charge is 0 e. The molecule has 4 heavy (non-hydrogen) atoms. The first kappa shape index (κ1) is 30.0. The molecular weight excluding hydrogens is 260 g/mol. The van der Waals surface area contributed by atoms with Crippen LogP contribution in [-0.4, -0.2) is 48.9 Å². The molecule has 0 bridgehead atoms. The summed E-state index contributed by atoms with van der Waals surface area (Å²) in [6.07, 6.45) is 0. The van der Waals surface area contributed by atoms with Crippen LogP contribution in [0.15, 0.2) is 0 Å². The predicted octanol–water partition coefficient (Wildman–Crippen LogP) is -0.0751. The minimum atomic E-state index is 0. The van der Waals surface area contributed by atoms with Gasteiger partial charge in [0.1, 0.15) is 0 Å². The van der Waals surface area contributed by atoms with Gasteiger partial charge in [-0.15, -0.1) is 24.8 Å². The van der Waals surface area contributed by atoms with Crippen LogP contribution in [0, 0.1) is 0 Å². The SMILES string of the molecule is Cl.Cl.[BaH2].[Cr]. The van der Waals surface area contributed by atoms with E-state index in [1.165, 1.54) is 0 Å². The molecule has 0 heterocycles. The zero-order valence-corrected chi connectivity index (χ0v) is 4.13. The molecule has 0 aromatic heterocycles. The van der Waals surface area contributed by atoms with E-state index in [1.807, 2.05) is 0 Å². The van der Waals surface area contributed by atoms with E-state index < -0.39 is 0 Å². The van der Waals surface area contributed by atoms with Crippen molar-refractivity contribution in [3.8, 4) is 0 Å². The van der Waals surface area contributed by atoms with Gasteiger partial charge < -0.3 is 0 Å². The minimum Gasteiger partial charge on any atom is 0 e. The maximum absolute atomic E-state index is 0. The van der Waals surface area contributed by atoms with E-state index in [1.54, 1.807) is 0 Å². The standard InChI is InChI=1S/Ba.2ClH.Cr.2H/h;2*1H;;;. The van der Waals surface area contributed by atoms with Gasteiger partial charge in [-0.2, -0.15) is 0 Å². The average molecular weight is 264 g/mol. The quantitative estimate of drug-likeness (QED) is 0.537. The third-order valence-electron chi connectivity index (χ3n) is 0. The van der Waals surface area contributed by atoms with E-state index in [0.29, 0.717) is 0 Å². The van der Waals surface area contributed by atoms with Gasteiger partial charge in [-0.3, -0.25) is 0 Å². The van der Waals surface area contributed by atoms with Gasteiger partial charge in [-0.05, 0) is 0 Å². The van der Waals surface area contributed by atoms with Crippen LogP contribution in [0.25, 0.3) is 0 Å². The molecule has 0 amide bonds. The number of rotatable bonds is 0. The summed E-state index contributed by atoms with van der Waals surface area (Å²) in [5.74, 6) is 0. The van der Waals surface area contributed by atoms with Crippen molar-refractivity contribution < 1.29 is 17.4 Å². The first-order chi connectivity index (χ1) is 0. The van der Waals surface area contributed by atoms with Crippen LogP contribution in [0.1, 0.15) is 0 Å². The summed E-state index contributed by atoms with van der Waals surface area (Å²) in [5, 5.41) is 0.